The van der Waals surface area contributed by atoms with E-state index in [2.05, 4.69) is 0 Å². The zero-order chi connectivity index (χ0) is 46.8. The first-order valence-corrected chi connectivity index (χ1v) is 19.3. The van der Waals surface area contributed by atoms with Crippen molar-refractivity contribution in [3.8, 4) is 11.3 Å². The zero-order valence-electron chi connectivity index (χ0n) is 33.1. The monoisotopic (exact) mass is 903 g/mol. The maximum atomic E-state index is 11.6. The van der Waals surface area contributed by atoms with Crippen LogP contribution in [0.3, 0.4) is 0 Å². The number of hydrogen-bond acceptors (Lipinski definition) is 9. The molecule has 7 rings (SSSR count). The SMILES string of the molecule is CC(N)(C(=O)O)c1ccc(C(=O)O)cc1.O=C(O)C1(c2ccc(Cl)cc2)CC1.O=C(O)c1c(C(=O)O)c(-c2cccc(Cl)c2)n2c1CCC2.O=C(O)c1cccc(C=C[N+](=O)[O-])c1. The summed E-state index contributed by atoms with van der Waals surface area (Å²) in [6, 6.07) is 25.2. The molecule has 5 aromatic rings. The van der Waals surface area contributed by atoms with Gasteiger partial charge < -0.3 is 40.9 Å². The van der Waals surface area contributed by atoms with Crippen LogP contribution in [0, 0.1) is 10.1 Å². The van der Waals surface area contributed by atoms with Gasteiger partial charge in [-0.2, -0.15) is 0 Å². The van der Waals surface area contributed by atoms with E-state index in [0.29, 0.717) is 51.1 Å². The van der Waals surface area contributed by atoms with E-state index in [0.717, 1.165) is 31.0 Å². The average Bonchev–Trinajstić information content (AvgIpc) is 3.80. The fourth-order valence-electron chi connectivity index (χ4n) is 6.48. The summed E-state index contributed by atoms with van der Waals surface area (Å²) in [7, 11) is 0. The number of fused-ring (bicyclic) bond motifs is 1. The summed E-state index contributed by atoms with van der Waals surface area (Å²) in [5, 5.41) is 65.1. The highest BCUT2D eigenvalue weighted by atomic mass is 35.5. The number of benzene rings is 4. The number of carboxylic acids is 6. The maximum Gasteiger partial charge on any atom is 0.338 e. The van der Waals surface area contributed by atoms with Gasteiger partial charge in [-0.25, -0.2) is 24.0 Å². The summed E-state index contributed by atoms with van der Waals surface area (Å²) in [4.78, 5) is 75.3. The molecule has 1 unspecified atom stereocenters. The molecule has 8 N–H and O–H groups in total. The van der Waals surface area contributed by atoms with Gasteiger partial charge in [0.2, 0.25) is 6.20 Å². The Morgan fingerprint density at radius 3 is 1.83 bits per heavy atom. The molecule has 63 heavy (non-hydrogen) atoms. The lowest BCUT2D eigenvalue weighted by Crippen LogP contribution is -2.41. The molecule has 0 amide bonds. The second kappa shape index (κ2) is 20.5. The summed E-state index contributed by atoms with van der Waals surface area (Å²) in [5.74, 6) is -6.44. The Kier molecular flexibility index (Phi) is 15.7. The van der Waals surface area contributed by atoms with Crippen LogP contribution in [0.1, 0.15) is 90.0 Å². The van der Waals surface area contributed by atoms with Crippen LogP contribution in [0.2, 0.25) is 10.0 Å². The first-order valence-electron chi connectivity index (χ1n) is 18.6. The van der Waals surface area contributed by atoms with Gasteiger partial charge in [-0.3, -0.25) is 14.9 Å². The van der Waals surface area contributed by atoms with Gasteiger partial charge in [-0.1, -0.05) is 71.7 Å². The van der Waals surface area contributed by atoms with Gasteiger partial charge in [0.1, 0.15) is 5.54 Å². The number of nitro groups is 1. The Morgan fingerprint density at radius 2 is 1.33 bits per heavy atom. The lowest BCUT2D eigenvalue weighted by Gasteiger charge is -2.19. The first kappa shape index (κ1) is 48.3. The number of rotatable bonds is 11. The van der Waals surface area contributed by atoms with E-state index in [4.69, 9.17) is 49.4 Å². The summed E-state index contributed by atoms with van der Waals surface area (Å²) in [6.07, 6.45) is 4.87. The highest BCUT2D eigenvalue weighted by Gasteiger charge is 2.51. The summed E-state index contributed by atoms with van der Waals surface area (Å²) >= 11 is 11.7. The first-order chi connectivity index (χ1) is 29.6. The molecule has 1 aliphatic carbocycles. The second-order valence-electron chi connectivity index (χ2n) is 14.2. The molecule has 1 aromatic heterocycles. The van der Waals surface area contributed by atoms with Gasteiger partial charge >= 0.3 is 35.8 Å². The number of carbonyl (C=O) groups is 6. The molecule has 2 heterocycles. The average molecular weight is 905 g/mol. The Labute approximate surface area is 368 Å². The fraction of sp³-hybridized carbons (Fsp3) is 0.182. The van der Waals surface area contributed by atoms with Gasteiger partial charge in [-0.15, -0.1) is 0 Å². The normalized spacial score (nSPS) is 13.8. The van der Waals surface area contributed by atoms with Crippen molar-refractivity contribution in [3.05, 3.63) is 168 Å². The largest absolute Gasteiger partial charge is 0.481 e. The Morgan fingerprint density at radius 1 is 0.746 bits per heavy atom. The predicted molar refractivity (Wildman–Crippen MR) is 229 cm³/mol. The number of halogens is 2. The summed E-state index contributed by atoms with van der Waals surface area (Å²) < 4.78 is 1.79. The van der Waals surface area contributed by atoms with Crippen molar-refractivity contribution in [2.45, 2.75) is 50.1 Å². The highest BCUT2D eigenvalue weighted by molar-refractivity contribution is 6.31. The van der Waals surface area contributed by atoms with E-state index in [1.807, 2.05) is 0 Å². The molecule has 0 radical (unpaired) electrons. The van der Waals surface area contributed by atoms with Crippen LogP contribution in [0.25, 0.3) is 17.3 Å². The molecule has 0 spiro atoms. The van der Waals surface area contributed by atoms with Crippen LogP contribution in [0.5, 0.6) is 0 Å². The third kappa shape index (κ3) is 11.9. The van der Waals surface area contributed by atoms with Gasteiger partial charge in [-0.05, 0) is 97.8 Å². The number of aromatic nitrogens is 1. The third-order valence-electron chi connectivity index (χ3n) is 9.95. The topological polar surface area (TPSA) is 298 Å². The van der Waals surface area contributed by atoms with E-state index in [1.54, 1.807) is 59.2 Å². The van der Waals surface area contributed by atoms with Crippen molar-refractivity contribution in [2.24, 2.45) is 5.73 Å². The highest BCUT2D eigenvalue weighted by Crippen LogP contribution is 2.48. The van der Waals surface area contributed by atoms with Crippen molar-refractivity contribution in [2.75, 3.05) is 0 Å². The van der Waals surface area contributed by atoms with E-state index in [1.165, 1.54) is 55.5 Å². The van der Waals surface area contributed by atoms with Gasteiger partial charge in [0.25, 0.3) is 0 Å². The van der Waals surface area contributed by atoms with Crippen LogP contribution < -0.4 is 5.73 Å². The molecule has 0 bridgehead atoms. The van der Waals surface area contributed by atoms with Crippen molar-refractivity contribution in [3.63, 3.8) is 0 Å². The Bertz CT molecular complexity index is 2600. The Hall–Kier alpha value is -7.34. The Balaban J connectivity index is 0.000000188. The molecule has 0 saturated heterocycles. The van der Waals surface area contributed by atoms with Crippen LogP contribution in [-0.4, -0.2) is 75.9 Å². The number of carboxylic acid groups (broad SMARTS) is 6. The molecule has 19 heteroatoms. The number of nitrogens with zero attached hydrogens (tertiary/aromatic N) is 2. The van der Waals surface area contributed by atoms with E-state index < -0.39 is 51.7 Å². The van der Waals surface area contributed by atoms with Crippen molar-refractivity contribution in [1.82, 2.24) is 4.57 Å². The van der Waals surface area contributed by atoms with E-state index in [-0.39, 0.29) is 22.3 Å². The molecule has 328 valence electrons. The van der Waals surface area contributed by atoms with E-state index >= 15 is 0 Å². The molecule has 1 saturated carbocycles. The predicted octanol–water partition coefficient (Wildman–Crippen LogP) is 7.88. The standard InChI is InChI=1S/C15H12ClNO4.C10H9ClO2.C10H11NO4.C9H7NO4/c16-9-4-1-3-8(7-9)13-12(15(20)21)11(14(18)19)10-5-2-6-17(10)13;11-8-3-1-7(2-4-8)10(5-6-10)9(12)13;1-10(11,9(14)15)7-4-2-6(3-5-7)8(12)13;11-9(12)8-3-1-2-7(6-8)4-5-10(13)14/h1,3-4,7H,2,5-6H2,(H,18,19)(H,20,21);1-4H,5-6H2,(H,12,13);2-5H,11H2,1H3,(H,12,13)(H,14,15);1-6H,(H,11,12). The molecular weight excluding hydrogens is 865 g/mol. The number of nitrogens with two attached hydrogens (primary N) is 1. The van der Waals surface area contributed by atoms with Crippen LogP contribution in [0.15, 0.2) is 103 Å². The maximum absolute atomic E-state index is 11.6. The minimum Gasteiger partial charge on any atom is -0.481 e. The van der Waals surface area contributed by atoms with Gasteiger partial charge in [0, 0.05) is 33.9 Å². The summed E-state index contributed by atoms with van der Waals surface area (Å²) in [6.45, 7) is 1.97. The lowest BCUT2D eigenvalue weighted by molar-refractivity contribution is -0.400. The molecule has 2 aliphatic rings. The minimum absolute atomic E-state index is 0.0972. The number of hydrogen-bond donors (Lipinski definition) is 7. The molecular formula is C44H39Cl2N3O14. The zero-order valence-corrected chi connectivity index (χ0v) is 34.6. The van der Waals surface area contributed by atoms with E-state index in [9.17, 15) is 49.1 Å². The van der Waals surface area contributed by atoms with Crippen LogP contribution in [-0.2, 0) is 33.5 Å². The molecule has 4 aromatic carbocycles. The molecule has 1 atom stereocenters. The van der Waals surface area contributed by atoms with Crippen LogP contribution in [0.4, 0.5) is 0 Å². The molecule has 1 fully saturated rings. The fourth-order valence-corrected chi connectivity index (χ4v) is 6.79. The molecule has 1 aliphatic heterocycles. The second-order valence-corrected chi connectivity index (χ2v) is 15.1. The number of aromatic carboxylic acids is 4. The van der Waals surface area contributed by atoms with Gasteiger partial charge in [0.15, 0.2) is 0 Å². The third-order valence-corrected chi connectivity index (χ3v) is 10.4. The quantitative estimate of drug-likeness (QED) is 0.0490. The lowest BCUT2D eigenvalue weighted by atomic mass is 9.93. The smallest absolute Gasteiger partial charge is 0.338 e. The number of aliphatic carboxylic acids is 2. The van der Waals surface area contributed by atoms with Gasteiger partial charge in [0.05, 0.1) is 38.3 Å². The van der Waals surface area contributed by atoms with Crippen LogP contribution >= 0.6 is 23.2 Å². The minimum atomic E-state index is -1.50. The van der Waals surface area contributed by atoms with Crippen molar-refractivity contribution in [1.29, 1.82) is 0 Å². The summed E-state index contributed by atoms with van der Waals surface area (Å²) in [5.41, 5.74) is 6.74. The van der Waals surface area contributed by atoms with Crippen molar-refractivity contribution < 1.29 is 64.3 Å². The molecule has 17 nitrogen and oxygen atoms in total. The van der Waals surface area contributed by atoms with Crippen molar-refractivity contribution >= 4 is 65.1 Å².